The van der Waals surface area contributed by atoms with E-state index in [-0.39, 0.29) is 6.04 Å². The van der Waals surface area contributed by atoms with E-state index in [1.807, 2.05) is 51.1 Å². The van der Waals surface area contributed by atoms with Crippen LogP contribution in [0.2, 0.25) is 0 Å². The van der Waals surface area contributed by atoms with Gasteiger partial charge in [0, 0.05) is 72.7 Å². The first-order valence-electron chi connectivity index (χ1n) is 10.4. The number of hydrogen-bond acceptors (Lipinski definition) is 6. The zero-order valence-corrected chi connectivity index (χ0v) is 18.9. The maximum atomic E-state index is 8.68. The summed E-state index contributed by atoms with van der Waals surface area (Å²) in [6.07, 6.45) is 9.82. The van der Waals surface area contributed by atoms with Gasteiger partial charge in [-0.05, 0) is 56.2 Å². The van der Waals surface area contributed by atoms with E-state index in [4.69, 9.17) is 16.9 Å². The molecule has 1 aliphatic rings. The van der Waals surface area contributed by atoms with Crippen LogP contribution in [0, 0.1) is 12.3 Å². The Balaban J connectivity index is 2.22. The van der Waals surface area contributed by atoms with Gasteiger partial charge in [-0.25, -0.2) is 0 Å². The molecule has 5 N–H and O–H groups in total. The first-order valence-corrected chi connectivity index (χ1v) is 10.4. The highest BCUT2D eigenvalue weighted by molar-refractivity contribution is 6.13. The van der Waals surface area contributed by atoms with Crippen molar-refractivity contribution in [3.63, 3.8) is 0 Å². The monoisotopic (exact) mass is 418 g/mol. The standard InChI is InChI=1S/C25H34N6/c1-6-29-10-7-8-18(4)15-31(17(2)3)16-21-13-22(24(27)14-23(21)26)25(28)20-9-11-30-19(5)12-20/h7-13,23,28H,2,4,6,14-16,26-27H2,1,3,5H3/b8-7-,28-25?,29-10-. The second-order valence-corrected chi connectivity index (χ2v) is 7.79. The van der Waals surface area contributed by atoms with Gasteiger partial charge in [0.25, 0.3) is 0 Å². The molecule has 1 heterocycles. The molecule has 0 aromatic carbocycles. The van der Waals surface area contributed by atoms with Crippen molar-refractivity contribution in [3.8, 4) is 0 Å². The maximum absolute atomic E-state index is 8.68. The summed E-state index contributed by atoms with van der Waals surface area (Å²) in [5, 5.41) is 8.68. The average molecular weight is 419 g/mol. The Hall–Kier alpha value is -3.25. The number of nitrogens with two attached hydrogens (primary N) is 2. The lowest BCUT2D eigenvalue weighted by atomic mass is 9.88. The Morgan fingerprint density at radius 1 is 1.42 bits per heavy atom. The average Bonchev–Trinajstić information content (AvgIpc) is 2.72. The number of allylic oxidation sites excluding steroid dienone is 4. The van der Waals surface area contributed by atoms with E-state index in [2.05, 4.69) is 28.0 Å². The van der Waals surface area contributed by atoms with E-state index in [1.165, 1.54) is 0 Å². The normalized spacial score (nSPS) is 16.6. The Morgan fingerprint density at radius 3 is 2.81 bits per heavy atom. The number of pyridine rings is 1. The molecule has 0 saturated carbocycles. The van der Waals surface area contributed by atoms with Crippen LogP contribution in [0.15, 0.2) is 82.8 Å². The molecule has 31 heavy (non-hydrogen) atoms. The van der Waals surface area contributed by atoms with Gasteiger partial charge in [0.05, 0.1) is 5.71 Å². The van der Waals surface area contributed by atoms with Crippen LogP contribution in [0.1, 0.15) is 31.5 Å². The van der Waals surface area contributed by atoms with Crippen molar-refractivity contribution in [1.82, 2.24) is 9.88 Å². The van der Waals surface area contributed by atoms with E-state index >= 15 is 0 Å². The molecule has 1 atom stereocenters. The van der Waals surface area contributed by atoms with E-state index < -0.39 is 0 Å². The van der Waals surface area contributed by atoms with Crippen molar-refractivity contribution in [2.75, 3.05) is 19.6 Å². The molecule has 0 amide bonds. The first kappa shape index (κ1) is 24.0. The highest BCUT2D eigenvalue weighted by Gasteiger charge is 2.23. The van der Waals surface area contributed by atoms with Gasteiger partial charge in [-0.2, -0.15) is 0 Å². The Kier molecular flexibility index (Phi) is 8.70. The first-order chi connectivity index (χ1) is 14.7. The summed E-state index contributed by atoms with van der Waals surface area (Å²) >= 11 is 0. The lowest BCUT2D eigenvalue weighted by Gasteiger charge is -2.31. The Bertz CT molecular complexity index is 964. The van der Waals surface area contributed by atoms with E-state index in [0.29, 0.717) is 30.9 Å². The Morgan fingerprint density at radius 2 is 2.16 bits per heavy atom. The zero-order chi connectivity index (χ0) is 23.0. The number of aromatic nitrogens is 1. The summed E-state index contributed by atoms with van der Waals surface area (Å²) in [4.78, 5) is 10.5. The van der Waals surface area contributed by atoms with E-state index in [9.17, 15) is 0 Å². The Labute approximate surface area is 186 Å². The van der Waals surface area contributed by atoms with Crippen molar-refractivity contribution < 1.29 is 0 Å². The number of nitrogens with one attached hydrogen (secondary N) is 1. The predicted molar refractivity (Wildman–Crippen MR) is 131 cm³/mol. The smallest absolute Gasteiger partial charge is 0.0703 e. The van der Waals surface area contributed by atoms with Crippen LogP contribution in [-0.2, 0) is 0 Å². The maximum Gasteiger partial charge on any atom is 0.0703 e. The van der Waals surface area contributed by atoms with Crippen molar-refractivity contribution in [2.45, 2.75) is 33.2 Å². The fraction of sp³-hybridized carbons (Fsp3) is 0.320. The third kappa shape index (κ3) is 6.89. The number of aliphatic imine (C=N–C) groups is 1. The molecule has 2 rings (SSSR count). The van der Waals surface area contributed by atoms with Gasteiger partial charge >= 0.3 is 0 Å². The summed E-state index contributed by atoms with van der Waals surface area (Å²) in [6, 6.07) is 3.53. The quantitative estimate of drug-likeness (QED) is 0.398. The van der Waals surface area contributed by atoms with Gasteiger partial charge in [0.15, 0.2) is 0 Å². The molecule has 0 spiro atoms. The van der Waals surface area contributed by atoms with Crippen LogP contribution in [-0.4, -0.2) is 47.5 Å². The van der Waals surface area contributed by atoms with Gasteiger partial charge in [0.2, 0.25) is 0 Å². The minimum Gasteiger partial charge on any atom is -0.401 e. The third-order valence-electron chi connectivity index (χ3n) is 5.06. The van der Waals surface area contributed by atoms with Crippen LogP contribution in [0.25, 0.3) is 0 Å². The number of rotatable bonds is 10. The van der Waals surface area contributed by atoms with Crippen LogP contribution in [0.3, 0.4) is 0 Å². The fourth-order valence-corrected chi connectivity index (χ4v) is 3.30. The third-order valence-corrected chi connectivity index (χ3v) is 5.06. The number of aryl methyl sites for hydroxylation is 1. The molecule has 0 saturated heterocycles. The summed E-state index contributed by atoms with van der Waals surface area (Å²) in [5.41, 5.74) is 19.0. The molecule has 0 bridgehead atoms. The molecule has 6 heteroatoms. The largest absolute Gasteiger partial charge is 0.401 e. The van der Waals surface area contributed by atoms with Crippen molar-refractivity contribution in [1.29, 1.82) is 5.41 Å². The zero-order valence-electron chi connectivity index (χ0n) is 18.9. The second kappa shape index (κ2) is 11.2. The summed E-state index contributed by atoms with van der Waals surface area (Å²) in [7, 11) is 0. The molecule has 1 aromatic rings. The van der Waals surface area contributed by atoms with Gasteiger partial charge < -0.3 is 16.4 Å². The van der Waals surface area contributed by atoms with Gasteiger partial charge in [-0.3, -0.25) is 15.4 Å². The highest BCUT2D eigenvalue weighted by Crippen LogP contribution is 2.25. The van der Waals surface area contributed by atoms with Gasteiger partial charge in [0.1, 0.15) is 0 Å². The van der Waals surface area contributed by atoms with E-state index in [1.54, 1.807) is 12.4 Å². The molecule has 6 nitrogen and oxygen atoms in total. The summed E-state index contributed by atoms with van der Waals surface area (Å²) < 4.78 is 0. The number of hydrogen-bond donors (Lipinski definition) is 3. The molecular weight excluding hydrogens is 384 g/mol. The topological polar surface area (TPSA) is 104 Å². The minimum atomic E-state index is -0.196. The van der Waals surface area contributed by atoms with Crippen molar-refractivity contribution in [3.05, 3.63) is 89.1 Å². The fourth-order valence-electron chi connectivity index (χ4n) is 3.30. The van der Waals surface area contributed by atoms with E-state index in [0.717, 1.165) is 40.2 Å². The van der Waals surface area contributed by atoms with Crippen LogP contribution in [0.5, 0.6) is 0 Å². The molecule has 0 aliphatic heterocycles. The van der Waals surface area contributed by atoms with Crippen LogP contribution < -0.4 is 11.5 Å². The molecular formula is C25H34N6. The van der Waals surface area contributed by atoms with Crippen LogP contribution >= 0.6 is 0 Å². The molecule has 0 radical (unpaired) electrons. The van der Waals surface area contributed by atoms with Gasteiger partial charge in [-0.15, -0.1) is 0 Å². The van der Waals surface area contributed by atoms with Crippen molar-refractivity contribution >= 4 is 11.9 Å². The predicted octanol–water partition coefficient (Wildman–Crippen LogP) is 3.67. The SMILES string of the molecule is C=C(/C=C\C=N/CC)CN(CC1=CC(C(=N)c2ccnc(C)c2)=C(N)CC1N)C(=C)C. The molecule has 1 aliphatic carbocycles. The second-order valence-electron chi connectivity index (χ2n) is 7.79. The molecule has 1 aromatic heterocycles. The lowest BCUT2D eigenvalue weighted by molar-refractivity contribution is 0.397. The summed E-state index contributed by atoms with van der Waals surface area (Å²) in [5.74, 6) is 0. The van der Waals surface area contributed by atoms with Gasteiger partial charge in [-0.1, -0.05) is 19.2 Å². The van der Waals surface area contributed by atoms with Crippen LogP contribution in [0.4, 0.5) is 0 Å². The molecule has 0 fully saturated rings. The molecule has 164 valence electrons. The molecule has 1 unspecified atom stereocenters. The summed E-state index contributed by atoms with van der Waals surface area (Å²) in [6.45, 7) is 16.1. The number of nitrogens with zero attached hydrogens (tertiary/aromatic N) is 3. The minimum absolute atomic E-state index is 0.196. The highest BCUT2D eigenvalue weighted by atomic mass is 15.1. The van der Waals surface area contributed by atoms with Crippen molar-refractivity contribution in [2.24, 2.45) is 16.5 Å². The lowest BCUT2D eigenvalue weighted by Crippen LogP contribution is -2.36.